The lowest BCUT2D eigenvalue weighted by Crippen LogP contribution is -2.32. The third-order valence-electron chi connectivity index (χ3n) is 3.05. The zero-order valence-electron chi connectivity index (χ0n) is 11.6. The van der Waals surface area contributed by atoms with E-state index >= 15 is 0 Å². The van der Waals surface area contributed by atoms with Crippen LogP contribution < -0.4 is 10.3 Å². The smallest absolute Gasteiger partial charge is 0.336 e. The van der Waals surface area contributed by atoms with Crippen molar-refractivity contribution in [2.24, 2.45) is 0 Å². The number of hydrogen-bond acceptors (Lipinski definition) is 5. The largest absolute Gasteiger partial charge is 0.423 e. The first kappa shape index (κ1) is 15.7. The van der Waals surface area contributed by atoms with E-state index < -0.39 is 15.6 Å². The summed E-state index contributed by atoms with van der Waals surface area (Å²) in [5.74, 6) is 0. The molecule has 1 unspecified atom stereocenters. The van der Waals surface area contributed by atoms with Gasteiger partial charge in [-0.15, -0.1) is 0 Å². The molecule has 0 amide bonds. The molecular weight excluding hydrogens is 294 g/mol. The molecule has 7 heteroatoms. The van der Waals surface area contributed by atoms with E-state index in [1.807, 2.05) is 0 Å². The molecule has 1 aromatic heterocycles. The molecule has 0 spiro atoms. The van der Waals surface area contributed by atoms with Crippen LogP contribution in [0.5, 0.6) is 0 Å². The highest BCUT2D eigenvalue weighted by atomic mass is 32.2. The molecule has 2 N–H and O–H groups in total. The van der Waals surface area contributed by atoms with E-state index in [0.717, 1.165) is 0 Å². The molecule has 114 valence electrons. The Morgan fingerprint density at radius 2 is 2.05 bits per heavy atom. The lowest BCUT2D eigenvalue weighted by molar-refractivity contribution is 0.279. The Morgan fingerprint density at radius 1 is 1.29 bits per heavy atom. The van der Waals surface area contributed by atoms with Gasteiger partial charge in [0.1, 0.15) is 5.58 Å². The van der Waals surface area contributed by atoms with Crippen LogP contribution >= 0.6 is 0 Å². The highest BCUT2D eigenvalue weighted by Crippen LogP contribution is 2.18. The van der Waals surface area contributed by atoms with Crippen LogP contribution in [0.3, 0.4) is 0 Å². The number of fused-ring (bicyclic) bond motifs is 1. The average Bonchev–Trinajstić information content (AvgIpc) is 2.44. The number of nitrogens with one attached hydrogen (secondary N) is 1. The van der Waals surface area contributed by atoms with Gasteiger partial charge >= 0.3 is 5.63 Å². The lowest BCUT2D eigenvalue weighted by atomic mass is 10.2. The molecule has 1 heterocycles. The summed E-state index contributed by atoms with van der Waals surface area (Å²) in [6, 6.07) is 6.81. The fraction of sp³-hybridized carbons (Fsp3) is 0.357. The zero-order chi connectivity index (χ0) is 15.5. The molecule has 2 aromatic rings. The molecule has 1 aromatic carbocycles. The molecule has 0 saturated heterocycles. The van der Waals surface area contributed by atoms with Crippen molar-refractivity contribution in [3.63, 3.8) is 0 Å². The summed E-state index contributed by atoms with van der Waals surface area (Å²) in [4.78, 5) is 11.2. The summed E-state index contributed by atoms with van der Waals surface area (Å²) >= 11 is 0. The molecule has 0 bridgehead atoms. The first-order valence-corrected chi connectivity index (χ1v) is 8.08. The van der Waals surface area contributed by atoms with Crippen molar-refractivity contribution in [2.75, 3.05) is 6.61 Å². The molecule has 0 radical (unpaired) electrons. The van der Waals surface area contributed by atoms with E-state index in [1.165, 1.54) is 30.3 Å². The van der Waals surface area contributed by atoms with Crippen LogP contribution in [0.1, 0.15) is 19.8 Å². The minimum atomic E-state index is -3.64. The van der Waals surface area contributed by atoms with Crippen molar-refractivity contribution in [2.45, 2.75) is 30.7 Å². The van der Waals surface area contributed by atoms with Gasteiger partial charge in [-0.1, -0.05) is 0 Å². The van der Waals surface area contributed by atoms with Gasteiger partial charge in [-0.3, -0.25) is 0 Å². The number of sulfonamides is 1. The number of benzene rings is 1. The molecule has 0 aliphatic carbocycles. The van der Waals surface area contributed by atoms with Gasteiger partial charge in [0, 0.05) is 24.1 Å². The van der Waals surface area contributed by atoms with Crippen LogP contribution in [0, 0.1) is 0 Å². The Kier molecular flexibility index (Phi) is 4.76. The molecule has 21 heavy (non-hydrogen) atoms. The van der Waals surface area contributed by atoms with Gasteiger partial charge < -0.3 is 9.52 Å². The quantitative estimate of drug-likeness (QED) is 0.782. The van der Waals surface area contributed by atoms with E-state index in [1.54, 1.807) is 6.92 Å². The van der Waals surface area contributed by atoms with E-state index in [9.17, 15) is 13.2 Å². The Balaban J connectivity index is 2.27. The minimum Gasteiger partial charge on any atom is -0.423 e. The van der Waals surface area contributed by atoms with E-state index in [4.69, 9.17) is 9.52 Å². The van der Waals surface area contributed by atoms with Crippen molar-refractivity contribution in [1.82, 2.24) is 4.72 Å². The highest BCUT2D eigenvalue weighted by molar-refractivity contribution is 7.89. The van der Waals surface area contributed by atoms with Crippen LogP contribution in [-0.2, 0) is 10.0 Å². The molecule has 0 aliphatic heterocycles. The fourth-order valence-corrected chi connectivity index (χ4v) is 3.32. The minimum absolute atomic E-state index is 0.0288. The topological polar surface area (TPSA) is 96.6 Å². The number of rotatable bonds is 6. The predicted octanol–water partition coefficient (Wildman–Crippen LogP) is 1.23. The molecule has 0 saturated carbocycles. The lowest BCUT2D eigenvalue weighted by Gasteiger charge is -2.13. The Hall–Kier alpha value is -1.70. The predicted molar refractivity (Wildman–Crippen MR) is 78.6 cm³/mol. The molecule has 6 nitrogen and oxygen atoms in total. The van der Waals surface area contributed by atoms with Crippen LogP contribution in [0.4, 0.5) is 0 Å². The SMILES string of the molecule is CC(CCCO)NS(=O)(=O)c1ccc2oc(=O)ccc2c1. The van der Waals surface area contributed by atoms with Gasteiger partial charge in [0.2, 0.25) is 10.0 Å². The summed E-state index contributed by atoms with van der Waals surface area (Å²) in [6.45, 7) is 1.77. The first-order valence-electron chi connectivity index (χ1n) is 6.59. The summed E-state index contributed by atoms with van der Waals surface area (Å²) in [7, 11) is -3.64. The van der Waals surface area contributed by atoms with Gasteiger partial charge in [-0.2, -0.15) is 0 Å². The zero-order valence-corrected chi connectivity index (χ0v) is 12.4. The van der Waals surface area contributed by atoms with Gasteiger partial charge in [-0.25, -0.2) is 17.9 Å². The van der Waals surface area contributed by atoms with Crippen molar-refractivity contribution < 1.29 is 17.9 Å². The Bertz CT molecular complexity index is 781. The maximum atomic E-state index is 12.3. The third-order valence-corrected chi connectivity index (χ3v) is 4.64. The number of hydrogen-bond donors (Lipinski definition) is 2. The Morgan fingerprint density at radius 3 is 2.76 bits per heavy atom. The molecule has 0 aliphatic rings. The van der Waals surface area contributed by atoms with Crippen LogP contribution in [0.25, 0.3) is 11.0 Å². The number of aliphatic hydroxyl groups excluding tert-OH is 1. The van der Waals surface area contributed by atoms with Gasteiger partial charge in [0.15, 0.2) is 0 Å². The normalized spacial score (nSPS) is 13.4. The maximum absolute atomic E-state index is 12.3. The van der Waals surface area contributed by atoms with Crippen molar-refractivity contribution in [3.8, 4) is 0 Å². The van der Waals surface area contributed by atoms with E-state index in [2.05, 4.69) is 4.72 Å². The standard InChI is InChI=1S/C14H17NO5S/c1-10(3-2-8-16)15-21(18,19)12-5-6-13-11(9-12)4-7-14(17)20-13/h4-7,9-10,15-16H,2-3,8H2,1H3. The maximum Gasteiger partial charge on any atom is 0.336 e. The second-order valence-electron chi connectivity index (χ2n) is 4.84. The van der Waals surface area contributed by atoms with Crippen molar-refractivity contribution in [3.05, 3.63) is 40.8 Å². The summed E-state index contributed by atoms with van der Waals surface area (Å²) in [5, 5.41) is 9.30. The third kappa shape index (κ3) is 3.90. The summed E-state index contributed by atoms with van der Waals surface area (Å²) in [6.07, 6.45) is 1.09. The highest BCUT2D eigenvalue weighted by Gasteiger charge is 2.17. The second kappa shape index (κ2) is 6.38. The van der Waals surface area contributed by atoms with Crippen molar-refractivity contribution >= 4 is 21.0 Å². The molecular formula is C14H17NO5S. The van der Waals surface area contributed by atoms with Crippen LogP contribution in [0.15, 0.2) is 44.4 Å². The average molecular weight is 311 g/mol. The molecule has 1 atom stereocenters. The monoisotopic (exact) mass is 311 g/mol. The molecule has 0 fully saturated rings. The summed E-state index contributed by atoms with van der Waals surface area (Å²) in [5.41, 5.74) is -0.136. The van der Waals surface area contributed by atoms with E-state index in [-0.39, 0.29) is 17.5 Å². The van der Waals surface area contributed by atoms with Gasteiger partial charge in [0.05, 0.1) is 4.90 Å². The fourth-order valence-electron chi connectivity index (χ4n) is 2.01. The van der Waals surface area contributed by atoms with Crippen LogP contribution in [-0.4, -0.2) is 26.2 Å². The van der Waals surface area contributed by atoms with Crippen LogP contribution in [0.2, 0.25) is 0 Å². The number of aliphatic hydroxyl groups is 1. The van der Waals surface area contributed by atoms with Gasteiger partial charge in [0.25, 0.3) is 0 Å². The molecule has 2 rings (SSSR count). The van der Waals surface area contributed by atoms with Crippen molar-refractivity contribution in [1.29, 1.82) is 0 Å². The van der Waals surface area contributed by atoms with Gasteiger partial charge in [-0.05, 0) is 44.0 Å². The Labute approximate surface area is 122 Å². The summed E-state index contributed by atoms with van der Waals surface area (Å²) < 4.78 is 32.0. The first-order chi connectivity index (χ1) is 9.92. The second-order valence-corrected chi connectivity index (χ2v) is 6.56. The van der Waals surface area contributed by atoms with E-state index in [0.29, 0.717) is 23.8 Å².